The largest absolute Gasteiger partial charge is 0.264 e. The summed E-state index contributed by atoms with van der Waals surface area (Å²) >= 11 is 0. The van der Waals surface area contributed by atoms with E-state index in [1.165, 1.54) is 5.56 Å². The number of hydrogen-bond acceptors (Lipinski definition) is 2. The minimum Gasteiger partial charge on any atom is -0.264 e. The lowest BCUT2D eigenvalue weighted by molar-refractivity contribution is 1.01. The fourth-order valence-electron chi connectivity index (χ4n) is 1.35. The van der Waals surface area contributed by atoms with Crippen LogP contribution in [-0.2, 0) is 6.42 Å². The van der Waals surface area contributed by atoms with Crippen molar-refractivity contribution in [2.24, 2.45) is 0 Å². The Labute approximate surface area is 95.4 Å². The van der Waals surface area contributed by atoms with Crippen LogP contribution in [0.25, 0.3) is 0 Å². The van der Waals surface area contributed by atoms with Crippen LogP contribution in [0.1, 0.15) is 17.5 Å². The van der Waals surface area contributed by atoms with Crippen LogP contribution < -0.4 is 0 Å². The monoisotopic (exact) mass is 208 g/mol. The topological polar surface area (TPSA) is 25.8 Å². The summed E-state index contributed by atoms with van der Waals surface area (Å²) in [5.74, 6) is 6.21. The molecule has 2 aromatic rings. The second-order valence-corrected chi connectivity index (χ2v) is 3.40. The number of aryl methyl sites for hydroxylation is 1. The lowest BCUT2D eigenvalue weighted by Gasteiger charge is -1.93. The fraction of sp³-hybridized carbons (Fsp3) is 0.143. The van der Waals surface area contributed by atoms with Crippen molar-refractivity contribution >= 4 is 0 Å². The number of aromatic nitrogens is 2. The van der Waals surface area contributed by atoms with E-state index in [1.807, 2.05) is 24.4 Å². The van der Waals surface area contributed by atoms with Crippen LogP contribution in [0.15, 0.2) is 49.1 Å². The zero-order chi connectivity index (χ0) is 11.1. The molecule has 78 valence electrons. The molecule has 0 atom stereocenters. The second kappa shape index (κ2) is 5.67. The molecule has 0 aliphatic heterocycles. The molecule has 0 spiro atoms. The van der Waals surface area contributed by atoms with Gasteiger partial charge >= 0.3 is 0 Å². The summed E-state index contributed by atoms with van der Waals surface area (Å²) in [4.78, 5) is 8.07. The Morgan fingerprint density at radius 1 is 1.00 bits per heavy atom. The maximum atomic E-state index is 4.06. The predicted octanol–water partition coefficient (Wildman–Crippen LogP) is 2.46. The zero-order valence-corrected chi connectivity index (χ0v) is 8.93. The summed E-state index contributed by atoms with van der Waals surface area (Å²) in [6.07, 6.45) is 8.98. The van der Waals surface area contributed by atoms with Crippen LogP contribution in [0, 0.1) is 11.8 Å². The summed E-state index contributed by atoms with van der Waals surface area (Å²) in [5.41, 5.74) is 2.19. The zero-order valence-electron chi connectivity index (χ0n) is 8.93. The van der Waals surface area contributed by atoms with Crippen LogP contribution in [0.2, 0.25) is 0 Å². The quantitative estimate of drug-likeness (QED) is 0.708. The first kappa shape index (κ1) is 10.4. The van der Waals surface area contributed by atoms with Gasteiger partial charge in [0.25, 0.3) is 0 Å². The maximum absolute atomic E-state index is 4.06. The van der Waals surface area contributed by atoms with E-state index in [0.717, 1.165) is 18.4 Å². The molecule has 2 heteroatoms. The summed E-state index contributed by atoms with van der Waals surface area (Å²) in [7, 11) is 0. The Bertz CT molecular complexity index is 480. The van der Waals surface area contributed by atoms with Crippen LogP contribution in [-0.4, -0.2) is 9.97 Å². The van der Waals surface area contributed by atoms with Crippen molar-refractivity contribution in [3.8, 4) is 11.8 Å². The second-order valence-electron chi connectivity index (χ2n) is 3.40. The molecule has 0 saturated carbocycles. The van der Waals surface area contributed by atoms with Crippen LogP contribution >= 0.6 is 0 Å². The molecule has 0 radical (unpaired) electrons. The molecule has 0 saturated heterocycles. The van der Waals surface area contributed by atoms with Gasteiger partial charge in [0.2, 0.25) is 0 Å². The molecular formula is C14H12N2. The van der Waals surface area contributed by atoms with E-state index in [0.29, 0.717) is 0 Å². The molecule has 0 amide bonds. The number of nitrogens with zero attached hydrogens (tertiary/aromatic N) is 2. The van der Waals surface area contributed by atoms with Crippen molar-refractivity contribution < 1.29 is 0 Å². The summed E-state index contributed by atoms with van der Waals surface area (Å²) < 4.78 is 0. The molecule has 0 unspecified atom stereocenters. The van der Waals surface area contributed by atoms with Gasteiger partial charge in [0.15, 0.2) is 0 Å². The first-order valence-corrected chi connectivity index (χ1v) is 5.23. The molecule has 0 aliphatic rings. The minimum absolute atomic E-state index is 0.848. The van der Waals surface area contributed by atoms with Gasteiger partial charge in [0.1, 0.15) is 0 Å². The SMILES string of the molecule is C(#Cc1cccnc1)CCc1cccnc1. The molecule has 0 bridgehead atoms. The van der Waals surface area contributed by atoms with E-state index in [4.69, 9.17) is 0 Å². The van der Waals surface area contributed by atoms with E-state index in [2.05, 4.69) is 27.9 Å². The molecule has 2 aromatic heterocycles. The van der Waals surface area contributed by atoms with Gasteiger partial charge in [-0.2, -0.15) is 0 Å². The highest BCUT2D eigenvalue weighted by molar-refractivity contribution is 5.31. The van der Waals surface area contributed by atoms with Crippen molar-refractivity contribution in [1.82, 2.24) is 9.97 Å². The summed E-state index contributed by atoms with van der Waals surface area (Å²) in [5, 5.41) is 0. The molecular weight excluding hydrogens is 196 g/mol. The Kier molecular flexibility index (Phi) is 3.68. The molecule has 0 N–H and O–H groups in total. The van der Waals surface area contributed by atoms with E-state index < -0.39 is 0 Å². The first-order chi connectivity index (χ1) is 7.95. The Balaban J connectivity index is 1.87. The number of rotatable bonds is 2. The van der Waals surface area contributed by atoms with Gasteiger partial charge in [0.05, 0.1) is 0 Å². The van der Waals surface area contributed by atoms with Gasteiger partial charge in [-0.25, -0.2) is 0 Å². The molecule has 2 nitrogen and oxygen atoms in total. The average molecular weight is 208 g/mol. The van der Waals surface area contributed by atoms with Gasteiger partial charge in [-0.15, -0.1) is 0 Å². The van der Waals surface area contributed by atoms with Gasteiger partial charge in [-0.05, 0) is 30.2 Å². The van der Waals surface area contributed by atoms with Gasteiger partial charge in [-0.3, -0.25) is 9.97 Å². The molecule has 2 heterocycles. The van der Waals surface area contributed by atoms with E-state index in [-0.39, 0.29) is 0 Å². The lowest BCUT2D eigenvalue weighted by atomic mass is 10.1. The fourth-order valence-corrected chi connectivity index (χ4v) is 1.35. The Morgan fingerprint density at radius 2 is 1.81 bits per heavy atom. The average Bonchev–Trinajstić information content (AvgIpc) is 2.37. The van der Waals surface area contributed by atoms with E-state index in [1.54, 1.807) is 18.6 Å². The van der Waals surface area contributed by atoms with Crippen LogP contribution in [0.4, 0.5) is 0 Å². The van der Waals surface area contributed by atoms with Crippen LogP contribution in [0.5, 0.6) is 0 Å². The smallest absolute Gasteiger partial charge is 0.0428 e. The number of hydrogen-bond donors (Lipinski definition) is 0. The first-order valence-electron chi connectivity index (χ1n) is 5.23. The van der Waals surface area contributed by atoms with Crippen LogP contribution in [0.3, 0.4) is 0 Å². The number of pyridine rings is 2. The van der Waals surface area contributed by atoms with Crippen molar-refractivity contribution in [2.75, 3.05) is 0 Å². The van der Waals surface area contributed by atoms with Gasteiger partial charge < -0.3 is 0 Å². The third-order valence-corrected chi connectivity index (χ3v) is 2.16. The van der Waals surface area contributed by atoms with E-state index in [9.17, 15) is 0 Å². The van der Waals surface area contributed by atoms with Crippen molar-refractivity contribution in [3.05, 3.63) is 60.2 Å². The molecule has 0 fully saturated rings. The van der Waals surface area contributed by atoms with E-state index >= 15 is 0 Å². The lowest BCUT2D eigenvalue weighted by Crippen LogP contribution is -1.84. The molecule has 0 aromatic carbocycles. The maximum Gasteiger partial charge on any atom is 0.0428 e. The van der Waals surface area contributed by atoms with Gasteiger partial charge in [0, 0.05) is 36.8 Å². The Hall–Kier alpha value is -2.14. The van der Waals surface area contributed by atoms with Crippen molar-refractivity contribution in [3.63, 3.8) is 0 Å². The summed E-state index contributed by atoms with van der Waals surface area (Å²) in [6, 6.07) is 7.87. The highest BCUT2D eigenvalue weighted by Crippen LogP contribution is 1.99. The Morgan fingerprint density at radius 3 is 2.50 bits per heavy atom. The van der Waals surface area contributed by atoms with Gasteiger partial charge in [-0.1, -0.05) is 17.9 Å². The van der Waals surface area contributed by atoms with Crippen molar-refractivity contribution in [2.45, 2.75) is 12.8 Å². The third kappa shape index (κ3) is 3.21. The standard InChI is InChI=1S/C14H12N2/c1(5-13-7-3-9-15-11-13)2-6-14-8-4-10-16-12-14/h3-4,7-12H,1,5H2. The normalized spacial score (nSPS) is 9.25. The third-order valence-electron chi connectivity index (χ3n) is 2.16. The molecule has 2 rings (SSSR count). The summed E-state index contributed by atoms with van der Waals surface area (Å²) in [6.45, 7) is 0. The minimum atomic E-state index is 0.848. The highest BCUT2D eigenvalue weighted by atomic mass is 14.6. The molecule has 0 aliphatic carbocycles. The highest BCUT2D eigenvalue weighted by Gasteiger charge is 1.89. The predicted molar refractivity (Wildman–Crippen MR) is 63.7 cm³/mol. The molecule has 16 heavy (non-hydrogen) atoms. The van der Waals surface area contributed by atoms with Crippen molar-refractivity contribution in [1.29, 1.82) is 0 Å².